The van der Waals surface area contributed by atoms with E-state index >= 15 is 0 Å². The molecule has 1 N–H and O–H groups in total. The Kier molecular flexibility index (Phi) is 6.95. The van der Waals surface area contributed by atoms with E-state index in [1.807, 2.05) is 32.0 Å². The molecular formula is C19H24N2O5S. The number of hydrogen-bond donors (Lipinski definition) is 1. The first-order chi connectivity index (χ1) is 12.8. The van der Waals surface area contributed by atoms with E-state index in [9.17, 15) is 13.2 Å². The van der Waals surface area contributed by atoms with E-state index < -0.39 is 10.0 Å². The van der Waals surface area contributed by atoms with Gasteiger partial charge in [0.05, 0.1) is 18.6 Å². The maximum atomic E-state index is 12.2. The van der Waals surface area contributed by atoms with Crippen LogP contribution in [0.2, 0.25) is 0 Å². The molecule has 0 saturated carbocycles. The normalized spacial score (nSPS) is 11.4. The average molecular weight is 392 g/mol. The molecule has 7 nitrogen and oxygen atoms in total. The molecule has 146 valence electrons. The van der Waals surface area contributed by atoms with E-state index in [2.05, 4.69) is 5.32 Å². The Morgan fingerprint density at radius 1 is 1.11 bits per heavy atom. The van der Waals surface area contributed by atoms with E-state index in [4.69, 9.17) is 9.57 Å². The van der Waals surface area contributed by atoms with Crippen LogP contribution in [0.4, 0.5) is 0 Å². The van der Waals surface area contributed by atoms with Crippen LogP contribution in [0.15, 0.2) is 47.4 Å². The largest absolute Gasteiger partial charge is 0.491 e. The van der Waals surface area contributed by atoms with Crippen molar-refractivity contribution in [2.45, 2.75) is 18.7 Å². The molecule has 1 amide bonds. The maximum absolute atomic E-state index is 12.2. The summed E-state index contributed by atoms with van der Waals surface area (Å²) in [5, 5.41) is 2.74. The molecule has 0 unspecified atom stereocenters. The van der Waals surface area contributed by atoms with Crippen LogP contribution in [-0.2, 0) is 14.9 Å². The van der Waals surface area contributed by atoms with Crippen molar-refractivity contribution in [3.63, 3.8) is 0 Å². The fourth-order valence-electron chi connectivity index (χ4n) is 2.41. The highest BCUT2D eigenvalue weighted by molar-refractivity contribution is 7.89. The van der Waals surface area contributed by atoms with Gasteiger partial charge in [-0.15, -0.1) is 0 Å². The number of nitrogens with one attached hydrogen (secondary N) is 1. The van der Waals surface area contributed by atoms with Crippen molar-refractivity contribution in [1.29, 1.82) is 0 Å². The second kappa shape index (κ2) is 8.98. The molecule has 0 heterocycles. The van der Waals surface area contributed by atoms with Gasteiger partial charge in [0.15, 0.2) is 0 Å². The number of aryl methyl sites for hydroxylation is 2. The SMILES string of the molecule is CON(C)S(=O)(=O)c1ccc(C(=O)NCCOc2ccc(C)cc2C)cc1. The Morgan fingerprint density at radius 2 is 1.78 bits per heavy atom. The molecule has 2 aromatic rings. The van der Waals surface area contributed by atoms with Crippen LogP contribution in [0.25, 0.3) is 0 Å². The van der Waals surface area contributed by atoms with Crippen LogP contribution < -0.4 is 10.1 Å². The van der Waals surface area contributed by atoms with Crippen molar-refractivity contribution in [2.24, 2.45) is 0 Å². The van der Waals surface area contributed by atoms with E-state index in [0.717, 1.165) is 21.3 Å². The number of carbonyl (C=O) groups is 1. The monoisotopic (exact) mass is 392 g/mol. The van der Waals surface area contributed by atoms with E-state index in [-0.39, 0.29) is 10.8 Å². The number of sulfonamides is 1. The van der Waals surface area contributed by atoms with Crippen molar-refractivity contribution in [1.82, 2.24) is 9.79 Å². The number of ether oxygens (including phenoxy) is 1. The Balaban J connectivity index is 1.89. The number of carbonyl (C=O) groups excluding carboxylic acids is 1. The van der Waals surface area contributed by atoms with Crippen molar-refractivity contribution in [3.05, 3.63) is 59.2 Å². The van der Waals surface area contributed by atoms with Crippen molar-refractivity contribution in [2.75, 3.05) is 27.3 Å². The molecule has 0 aliphatic heterocycles. The van der Waals surface area contributed by atoms with E-state index in [1.54, 1.807) is 0 Å². The maximum Gasteiger partial charge on any atom is 0.264 e. The third-order valence-corrected chi connectivity index (χ3v) is 5.68. The van der Waals surface area contributed by atoms with Gasteiger partial charge in [0.2, 0.25) is 0 Å². The third kappa shape index (κ3) is 5.29. The lowest BCUT2D eigenvalue weighted by Gasteiger charge is -2.14. The molecule has 0 fully saturated rings. The summed E-state index contributed by atoms with van der Waals surface area (Å²) in [5.74, 6) is 0.481. The minimum absolute atomic E-state index is 0.0431. The van der Waals surface area contributed by atoms with Gasteiger partial charge in [-0.05, 0) is 49.7 Å². The van der Waals surface area contributed by atoms with Crippen LogP contribution in [0, 0.1) is 13.8 Å². The van der Waals surface area contributed by atoms with Crippen LogP contribution >= 0.6 is 0 Å². The van der Waals surface area contributed by atoms with Gasteiger partial charge >= 0.3 is 0 Å². The molecule has 27 heavy (non-hydrogen) atoms. The second-order valence-corrected chi connectivity index (χ2v) is 7.93. The summed E-state index contributed by atoms with van der Waals surface area (Å²) in [7, 11) is -1.17. The number of nitrogens with zero attached hydrogens (tertiary/aromatic N) is 1. The highest BCUT2D eigenvalue weighted by Crippen LogP contribution is 2.18. The molecule has 0 radical (unpaired) electrons. The molecule has 0 bridgehead atoms. The van der Waals surface area contributed by atoms with Gasteiger partial charge in [0.1, 0.15) is 12.4 Å². The highest BCUT2D eigenvalue weighted by atomic mass is 32.2. The van der Waals surface area contributed by atoms with Gasteiger partial charge < -0.3 is 10.1 Å². The predicted molar refractivity (Wildman–Crippen MR) is 102 cm³/mol. The first-order valence-electron chi connectivity index (χ1n) is 8.37. The molecule has 0 saturated heterocycles. The van der Waals surface area contributed by atoms with Gasteiger partial charge in [0, 0.05) is 12.6 Å². The van der Waals surface area contributed by atoms with Crippen LogP contribution in [0.5, 0.6) is 5.75 Å². The number of hydroxylamine groups is 1. The molecule has 0 aliphatic carbocycles. The lowest BCUT2D eigenvalue weighted by molar-refractivity contribution is -0.0258. The third-order valence-electron chi connectivity index (χ3n) is 3.99. The fourth-order valence-corrected chi connectivity index (χ4v) is 3.39. The summed E-state index contributed by atoms with van der Waals surface area (Å²) in [6.45, 7) is 4.65. The highest BCUT2D eigenvalue weighted by Gasteiger charge is 2.20. The molecule has 0 spiro atoms. The molecule has 8 heteroatoms. The fraction of sp³-hybridized carbons (Fsp3) is 0.316. The quantitative estimate of drug-likeness (QED) is 0.550. The van der Waals surface area contributed by atoms with Crippen LogP contribution in [-0.4, -0.2) is 46.1 Å². The standard InChI is InChI=1S/C19H24N2O5S/c1-14-5-10-18(15(2)13-14)26-12-11-20-19(22)16-6-8-17(9-7-16)27(23,24)21(3)25-4/h5-10,13H,11-12H2,1-4H3,(H,20,22). The number of hydrogen-bond acceptors (Lipinski definition) is 5. The summed E-state index contributed by atoms with van der Waals surface area (Å²) in [6.07, 6.45) is 0. The van der Waals surface area contributed by atoms with Gasteiger partial charge in [-0.25, -0.2) is 8.42 Å². The summed E-state index contributed by atoms with van der Waals surface area (Å²) < 4.78 is 30.7. The predicted octanol–water partition coefficient (Wildman–Crippen LogP) is 2.29. The Hall–Kier alpha value is -2.42. The van der Waals surface area contributed by atoms with Crippen molar-refractivity contribution < 1.29 is 22.8 Å². The lowest BCUT2D eigenvalue weighted by Crippen LogP contribution is -2.28. The zero-order chi connectivity index (χ0) is 20.0. The molecule has 0 aliphatic rings. The molecule has 0 aromatic heterocycles. The number of benzene rings is 2. The molecule has 0 atom stereocenters. The van der Waals surface area contributed by atoms with Crippen LogP contribution in [0.3, 0.4) is 0 Å². The summed E-state index contributed by atoms with van der Waals surface area (Å²) >= 11 is 0. The topological polar surface area (TPSA) is 84.9 Å². The molecule has 2 rings (SSSR count). The van der Waals surface area contributed by atoms with Crippen molar-refractivity contribution in [3.8, 4) is 5.75 Å². The van der Waals surface area contributed by atoms with Crippen LogP contribution in [0.1, 0.15) is 21.5 Å². The zero-order valence-electron chi connectivity index (χ0n) is 15.9. The Labute approximate surface area is 159 Å². The summed E-state index contributed by atoms with van der Waals surface area (Å²) in [5.41, 5.74) is 2.56. The Morgan fingerprint density at radius 3 is 2.37 bits per heavy atom. The van der Waals surface area contributed by atoms with Gasteiger partial charge in [-0.1, -0.05) is 22.2 Å². The first kappa shape index (κ1) is 20.9. The average Bonchev–Trinajstić information content (AvgIpc) is 2.65. The Bertz CT molecular complexity index is 895. The summed E-state index contributed by atoms with van der Waals surface area (Å²) in [4.78, 5) is 16.9. The van der Waals surface area contributed by atoms with Gasteiger partial charge in [-0.3, -0.25) is 9.63 Å². The minimum Gasteiger partial charge on any atom is -0.491 e. The minimum atomic E-state index is -3.73. The first-order valence-corrected chi connectivity index (χ1v) is 9.81. The van der Waals surface area contributed by atoms with Gasteiger partial charge in [0.25, 0.3) is 15.9 Å². The zero-order valence-corrected chi connectivity index (χ0v) is 16.7. The smallest absolute Gasteiger partial charge is 0.264 e. The van der Waals surface area contributed by atoms with Crippen molar-refractivity contribution >= 4 is 15.9 Å². The summed E-state index contributed by atoms with van der Waals surface area (Å²) in [6, 6.07) is 11.6. The molecular weight excluding hydrogens is 368 g/mol. The van der Waals surface area contributed by atoms with E-state index in [0.29, 0.717) is 18.7 Å². The number of amides is 1. The van der Waals surface area contributed by atoms with E-state index in [1.165, 1.54) is 38.4 Å². The second-order valence-electron chi connectivity index (χ2n) is 6.00. The number of rotatable bonds is 8. The lowest BCUT2D eigenvalue weighted by atomic mass is 10.1. The molecule has 2 aromatic carbocycles. The van der Waals surface area contributed by atoms with Gasteiger partial charge in [-0.2, -0.15) is 0 Å².